The van der Waals surface area contributed by atoms with Crippen molar-refractivity contribution >= 4 is 0 Å². The van der Waals surface area contributed by atoms with E-state index in [4.69, 9.17) is 5.73 Å². The molecule has 0 aromatic carbocycles. The van der Waals surface area contributed by atoms with Gasteiger partial charge in [-0.2, -0.15) is 0 Å². The van der Waals surface area contributed by atoms with E-state index in [-0.39, 0.29) is 12.2 Å². The molecule has 1 aromatic heterocycles. The molecule has 2 rings (SSSR count). The van der Waals surface area contributed by atoms with Gasteiger partial charge in [0.2, 0.25) is 0 Å². The molecule has 4 nitrogen and oxygen atoms in total. The van der Waals surface area contributed by atoms with Gasteiger partial charge in [0.1, 0.15) is 0 Å². The van der Waals surface area contributed by atoms with Gasteiger partial charge in [-0.05, 0) is 12.1 Å². The number of nitrogens with one attached hydrogen (secondary N) is 2. The predicted octanol–water partition coefficient (Wildman–Crippen LogP) is 0.151. The van der Waals surface area contributed by atoms with Gasteiger partial charge in [0.15, 0.2) is 0 Å². The van der Waals surface area contributed by atoms with E-state index >= 15 is 0 Å². The van der Waals surface area contributed by atoms with Crippen LogP contribution in [0, 0.1) is 5.92 Å². The summed E-state index contributed by atoms with van der Waals surface area (Å²) < 4.78 is 0. The molecule has 3 atom stereocenters. The van der Waals surface area contributed by atoms with Crippen molar-refractivity contribution in [3.63, 3.8) is 0 Å². The molecule has 13 heavy (non-hydrogen) atoms. The van der Waals surface area contributed by atoms with Crippen molar-refractivity contribution in [3.8, 4) is 0 Å². The maximum Gasteiger partial charge on any atom is 0.0724 e. The normalized spacial score (nSPS) is 33.5. The Morgan fingerprint density at radius 1 is 1.38 bits per heavy atom. The first-order chi connectivity index (χ1) is 6.29. The van der Waals surface area contributed by atoms with Crippen molar-refractivity contribution in [2.45, 2.75) is 19.1 Å². The third-order valence-corrected chi connectivity index (χ3v) is 2.50. The van der Waals surface area contributed by atoms with Crippen LogP contribution in [0.2, 0.25) is 0 Å². The molecule has 0 amide bonds. The zero-order chi connectivity index (χ0) is 9.26. The lowest BCUT2D eigenvalue weighted by Gasteiger charge is -2.14. The van der Waals surface area contributed by atoms with Crippen LogP contribution in [0.4, 0.5) is 0 Å². The van der Waals surface area contributed by atoms with E-state index in [2.05, 4.69) is 22.8 Å². The summed E-state index contributed by atoms with van der Waals surface area (Å²) in [7, 11) is 0. The summed E-state index contributed by atoms with van der Waals surface area (Å²) in [5, 5.41) is 0. The van der Waals surface area contributed by atoms with Gasteiger partial charge in [0, 0.05) is 12.1 Å². The second kappa shape index (κ2) is 3.41. The molecule has 1 aliphatic rings. The quantitative estimate of drug-likeness (QED) is 0.573. The second-order valence-electron chi connectivity index (χ2n) is 3.41. The third kappa shape index (κ3) is 1.56. The lowest BCUT2D eigenvalue weighted by Crippen LogP contribution is -2.38. The van der Waals surface area contributed by atoms with E-state index in [0.29, 0.717) is 5.92 Å². The zero-order valence-corrected chi connectivity index (χ0v) is 7.57. The smallest absolute Gasteiger partial charge is 0.0724 e. The fourth-order valence-corrected chi connectivity index (χ4v) is 1.56. The van der Waals surface area contributed by atoms with Crippen LogP contribution in [0.25, 0.3) is 0 Å². The van der Waals surface area contributed by atoms with Crippen molar-refractivity contribution < 1.29 is 0 Å². The lowest BCUT2D eigenvalue weighted by atomic mass is 9.99. The Kier molecular flexibility index (Phi) is 2.26. The van der Waals surface area contributed by atoms with Crippen LogP contribution >= 0.6 is 0 Å². The number of hydrazine groups is 1. The van der Waals surface area contributed by atoms with Crippen LogP contribution in [-0.4, -0.2) is 11.1 Å². The molecular formula is C9H14N4. The SMILES string of the molecule is CC1C(N)NNC1c1ccccn1. The summed E-state index contributed by atoms with van der Waals surface area (Å²) >= 11 is 0. The summed E-state index contributed by atoms with van der Waals surface area (Å²) in [5.41, 5.74) is 13.0. The molecule has 4 heteroatoms. The average molecular weight is 178 g/mol. The molecule has 1 saturated heterocycles. The van der Waals surface area contributed by atoms with Gasteiger partial charge >= 0.3 is 0 Å². The monoisotopic (exact) mass is 178 g/mol. The van der Waals surface area contributed by atoms with Gasteiger partial charge in [-0.3, -0.25) is 4.98 Å². The van der Waals surface area contributed by atoms with Crippen molar-refractivity contribution in [1.82, 2.24) is 15.8 Å². The summed E-state index contributed by atoms with van der Waals surface area (Å²) in [6, 6.07) is 6.13. The molecule has 1 aliphatic heterocycles. The number of hydrogen-bond acceptors (Lipinski definition) is 4. The standard InChI is InChI=1S/C9H14N4/c1-6-8(12-13-9(6)10)7-4-2-3-5-11-7/h2-6,8-9,12-13H,10H2,1H3. The Bertz CT molecular complexity index is 274. The van der Waals surface area contributed by atoms with Gasteiger partial charge < -0.3 is 5.73 Å². The maximum absolute atomic E-state index is 5.80. The fourth-order valence-electron chi connectivity index (χ4n) is 1.56. The number of hydrogen-bond donors (Lipinski definition) is 3. The Labute approximate surface area is 77.5 Å². The molecule has 1 fully saturated rings. The highest BCUT2D eigenvalue weighted by atomic mass is 15.5. The fraction of sp³-hybridized carbons (Fsp3) is 0.444. The number of nitrogens with two attached hydrogens (primary N) is 1. The summed E-state index contributed by atoms with van der Waals surface area (Å²) in [4.78, 5) is 4.29. The first-order valence-corrected chi connectivity index (χ1v) is 4.46. The van der Waals surface area contributed by atoms with Gasteiger partial charge in [-0.25, -0.2) is 10.9 Å². The number of aromatic nitrogens is 1. The minimum atomic E-state index is 0.00649. The predicted molar refractivity (Wildman–Crippen MR) is 50.4 cm³/mol. The Balaban J connectivity index is 2.19. The molecule has 70 valence electrons. The van der Waals surface area contributed by atoms with Gasteiger partial charge in [-0.15, -0.1) is 0 Å². The van der Waals surface area contributed by atoms with E-state index in [0.717, 1.165) is 5.69 Å². The van der Waals surface area contributed by atoms with Gasteiger partial charge in [0.05, 0.1) is 17.9 Å². The van der Waals surface area contributed by atoms with E-state index < -0.39 is 0 Å². The van der Waals surface area contributed by atoms with E-state index in [1.807, 2.05) is 18.2 Å². The third-order valence-electron chi connectivity index (χ3n) is 2.50. The topological polar surface area (TPSA) is 63.0 Å². The highest BCUT2D eigenvalue weighted by molar-refractivity contribution is 5.11. The zero-order valence-electron chi connectivity index (χ0n) is 7.57. The van der Waals surface area contributed by atoms with Crippen LogP contribution in [0.15, 0.2) is 24.4 Å². The molecular weight excluding hydrogens is 164 g/mol. The molecule has 3 unspecified atom stereocenters. The van der Waals surface area contributed by atoms with Crippen LogP contribution in [0.5, 0.6) is 0 Å². The van der Waals surface area contributed by atoms with E-state index in [1.165, 1.54) is 0 Å². The molecule has 0 saturated carbocycles. The van der Waals surface area contributed by atoms with Crippen LogP contribution in [0.1, 0.15) is 18.7 Å². The number of nitrogens with zero attached hydrogens (tertiary/aromatic N) is 1. The minimum absolute atomic E-state index is 0.00649. The largest absolute Gasteiger partial charge is 0.315 e. The van der Waals surface area contributed by atoms with E-state index in [1.54, 1.807) is 6.20 Å². The van der Waals surface area contributed by atoms with Crippen molar-refractivity contribution in [2.24, 2.45) is 11.7 Å². The van der Waals surface area contributed by atoms with Crippen LogP contribution in [-0.2, 0) is 0 Å². The summed E-state index contributed by atoms with van der Waals surface area (Å²) in [6.45, 7) is 2.11. The van der Waals surface area contributed by atoms with Crippen molar-refractivity contribution in [1.29, 1.82) is 0 Å². The van der Waals surface area contributed by atoms with Crippen molar-refractivity contribution in [3.05, 3.63) is 30.1 Å². The van der Waals surface area contributed by atoms with Crippen LogP contribution in [0.3, 0.4) is 0 Å². The highest BCUT2D eigenvalue weighted by Crippen LogP contribution is 2.24. The molecule has 0 spiro atoms. The molecule has 2 heterocycles. The van der Waals surface area contributed by atoms with Gasteiger partial charge in [-0.1, -0.05) is 13.0 Å². The van der Waals surface area contributed by atoms with Crippen LogP contribution < -0.4 is 16.6 Å². The lowest BCUT2D eigenvalue weighted by molar-refractivity contribution is 0.457. The average Bonchev–Trinajstić information content (AvgIpc) is 2.49. The van der Waals surface area contributed by atoms with Gasteiger partial charge in [0.25, 0.3) is 0 Å². The highest BCUT2D eigenvalue weighted by Gasteiger charge is 2.31. The minimum Gasteiger partial charge on any atom is -0.315 e. The maximum atomic E-state index is 5.80. The Hall–Kier alpha value is -0.970. The van der Waals surface area contributed by atoms with E-state index in [9.17, 15) is 0 Å². The number of rotatable bonds is 1. The first-order valence-electron chi connectivity index (χ1n) is 4.46. The first kappa shape index (κ1) is 8.62. The Morgan fingerprint density at radius 3 is 2.77 bits per heavy atom. The summed E-state index contributed by atoms with van der Waals surface area (Å²) in [5.74, 6) is 0.356. The Morgan fingerprint density at radius 2 is 2.23 bits per heavy atom. The molecule has 0 bridgehead atoms. The molecule has 0 aliphatic carbocycles. The molecule has 1 aromatic rings. The van der Waals surface area contributed by atoms with Crippen molar-refractivity contribution in [2.75, 3.05) is 0 Å². The molecule has 0 radical (unpaired) electrons. The second-order valence-corrected chi connectivity index (χ2v) is 3.41. The number of pyridine rings is 1. The molecule has 4 N–H and O–H groups in total. The summed E-state index contributed by atoms with van der Waals surface area (Å²) in [6.07, 6.45) is 1.81.